The van der Waals surface area contributed by atoms with Crippen LogP contribution in [0.1, 0.15) is 31.6 Å². The molecule has 1 saturated heterocycles. The summed E-state index contributed by atoms with van der Waals surface area (Å²) in [5.41, 5.74) is 0. The van der Waals surface area contributed by atoms with Crippen molar-refractivity contribution in [3.8, 4) is 0 Å². The highest BCUT2D eigenvalue weighted by Gasteiger charge is 2.18. The summed E-state index contributed by atoms with van der Waals surface area (Å²) < 4.78 is 2.09. The minimum atomic E-state index is 0.359. The summed E-state index contributed by atoms with van der Waals surface area (Å²) >= 11 is 2.07. The van der Waals surface area contributed by atoms with E-state index in [0.29, 0.717) is 12.1 Å². The lowest BCUT2D eigenvalue weighted by molar-refractivity contribution is 0.414. The first kappa shape index (κ1) is 11.0. The first-order chi connectivity index (χ1) is 7.27. The van der Waals surface area contributed by atoms with Gasteiger partial charge in [0.1, 0.15) is 5.82 Å². The van der Waals surface area contributed by atoms with E-state index in [4.69, 9.17) is 0 Å². The Balaban J connectivity index is 1.91. The van der Waals surface area contributed by atoms with Crippen molar-refractivity contribution < 1.29 is 0 Å². The lowest BCUT2D eigenvalue weighted by Gasteiger charge is -2.26. The van der Waals surface area contributed by atoms with Crippen molar-refractivity contribution >= 4 is 11.8 Å². The van der Waals surface area contributed by atoms with Gasteiger partial charge < -0.3 is 9.88 Å². The highest BCUT2D eigenvalue weighted by Crippen LogP contribution is 2.19. The summed E-state index contributed by atoms with van der Waals surface area (Å²) in [4.78, 5) is 4.38. The third kappa shape index (κ3) is 2.75. The van der Waals surface area contributed by atoms with E-state index < -0.39 is 0 Å². The molecule has 1 N–H and O–H groups in total. The number of thioether (sulfide) groups is 1. The summed E-state index contributed by atoms with van der Waals surface area (Å²) in [5.74, 6) is 3.73. The van der Waals surface area contributed by atoms with Crippen molar-refractivity contribution in [1.82, 2.24) is 14.9 Å². The summed E-state index contributed by atoms with van der Waals surface area (Å²) in [6.45, 7) is 2.20. The molecule has 1 aliphatic heterocycles. The zero-order valence-corrected chi connectivity index (χ0v) is 10.3. The zero-order chi connectivity index (χ0) is 10.7. The predicted octanol–water partition coefficient (Wildman–Crippen LogP) is 1.97. The monoisotopic (exact) mass is 225 g/mol. The van der Waals surface area contributed by atoms with E-state index in [0.717, 1.165) is 5.82 Å². The molecule has 3 nitrogen and oxygen atoms in total. The van der Waals surface area contributed by atoms with Crippen LogP contribution >= 0.6 is 11.8 Å². The molecule has 1 aliphatic rings. The van der Waals surface area contributed by atoms with Crippen LogP contribution in [0.3, 0.4) is 0 Å². The molecule has 1 unspecified atom stereocenters. The molecule has 2 heterocycles. The summed E-state index contributed by atoms with van der Waals surface area (Å²) in [6.07, 6.45) is 6.45. The number of rotatable bonds is 3. The molecule has 0 radical (unpaired) electrons. The maximum absolute atomic E-state index is 4.38. The zero-order valence-electron chi connectivity index (χ0n) is 9.44. The Bertz CT molecular complexity index is 305. The molecular formula is C11H19N3S. The van der Waals surface area contributed by atoms with Crippen molar-refractivity contribution in [1.29, 1.82) is 0 Å². The molecule has 0 aliphatic carbocycles. The fourth-order valence-electron chi connectivity index (χ4n) is 2.09. The summed E-state index contributed by atoms with van der Waals surface area (Å²) in [7, 11) is 2.05. The van der Waals surface area contributed by atoms with Crippen molar-refractivity contribution in [2.75, 3.05) is 11.5 Å². The number of imidazole rings is 1. The first-order valence-corrected chi connectivity index (χ1v) is 6.74. The third-order valence-electron chi connectivity index (χ3n) is 2.95. The van der Waals surface area contributed by atoms with Crippen LogP contribution in [0, 0.1) is 0 Å². The van der Waals surface area contributed by atoms with Crippen molar-refractivity contribution in [2.45, 2.75) is 31.8 Å². The molecule has 0 spiro atoms. The number of nitrogens with one attached hydrogen (secondary N) is 1. The molecule has 15 heavy (non-hydrogen) atoms. The van der Waals surface area contributed by atoms with E-state index in [-0.39, 0.29) is 0 Å². The van der Waals surface area contributed by atoms with Gasteiger partial charge in [-0.3, -0.25) is 0 Å². The number of aryl methyl sites for hydroxylation is 1. The quantitative estimate of drug-likeness (QED) is 0.853. The van der Waals surface area contributed by atoms with Crippen LogP contribution in [-0.4, -0.2) is 27.1 Å². The lowest BCUT2D eigenvalue weighted by Crippen LogP contribution is -2.35. The second-order valence-corrected chi connectivity index (χ2v) is 5.40. The minimum absolute atomic E-state index is 0.359. The van der Waals surface area contributed by atoms with Crippen LogP contribution in [-0.2, 0) is 7.05 Å². The Morgan fingerprint density at radius 1 is 1.53 bits per heavy atom. The van der Waals surface area contributed by atoms with Gasteiger partial charge in [-0.15, -0.1) is 0 Å². The average molecular weight is 225 g/mol. The van der Waals surface area contributed by atoms with E-state index >= 15 is 0 Å². The molecule has 1 atom stereocenters. The van der Waals surface area contributed by atoms with E-state index in [1.807, 2.05) is 12.4 Å². The molecule has 0 aromatic carbocycles. The average Bonchev–Trinajstić information content (AvgIpc) is 2.66. The number of hydrogen-bond donors (Lipinski definition) is 1. The molecule has 0 bridgehead atoms. The van der Waals surface area contributed by atoms with E-state index in [9.17, 15) is 0 Å². The van der Waals surface area contributed by atoms with Crippen molar-refractivity contribution in [3.63, 3.8) is 0 Å². The van der Waals surface area contributed by atoms with Gasteiger partial charge in [0.25, 0.3) is 0 Å². The van der Waals surface area contributed by atoms with E-state index in [2.05, 4.69) is 40.6 Å². The number of aromatic nitrogens is 2. The standard InChI is InChI=1S/C11H19N3S/c1-9(11-12-5-6-14(11)2)13-10-3-7-15-8-4-10/h5-6,9-10,13H,3-4,7-8H2,1-2H3. The van der Waals surface area contributed by atoms with Crippen LogP contribution in [0.2, 0.25) is 0 Å². The fourth-order valence-corrected chi connectivity index (χ4v) is 3.19. The molecular weight excluding hydrogens is 206 g/mol. The van der Waals surface area contributed by atoms with Gasteiger partial charge in [0.2, 0.25) is 0 Å². The van der Waals surface area contributed by atoms with Gasteiger partial charge in [0, 0.05) is 25.5 Å². The largest absolute Gasteiger partial charge is 0.337 e. The Labute approximate surface area is 95.7 Å². The van der Waals surface area contributed by atoms with E-state index in [1.165, 1.54) is 24.3 Å². The van der Waals surface area contributed by atoms with Crippen LogP contribution in [0.5, 0.6) is 0 Å². The predicted molar refractivity (Wildman–Crippen MR) is 65.1 cm³/mol. The normalized spacial score (nSPS) is 20.4. The Kier molecular flexibility index (Phi) is 3.70. The molecule has 1 aromatic heterocycles. The highest BCUT2D eigenvalue weighted by molar-refractivity contribution is 7.99. The summed E-state index contributed by atoms with van der Waals surface area (Å²) in [5, 5.41) is 3.67. The molecule has 0 saturated carbocycles. The molecule has 0 amide bonds. The molecule has 84 valence electrons. The Morgan fingerprint density at radius 3 is 2.87 bits per heavy atom. The van der Waals surface area contributed by atoms with Gasteiger partial charge in [-0.05, 0) is 31.3 Å². The first-order valence-electron chi connectivity index (χ1n) is 5.58. The number of hydrogen-bond acceptors (Lipinski definition) is 3. The topological polar surface area (TPSA) is 29.9 Å². The molecule has 4 heteroatoms. The summed E-state index contributed by atoms with van der Waals surface area (Å²) in [6, 6.07) is 1.04. The second kappa shape index (κ2) is 5.03. The van der Waals surface area contributed by atoms with Crippen molar-refractivity contribution in [2.24, 2.45) is 7.05 Å². The molecule has 2 rings (SSSR count). The smallest absolute Gasteiger partial charge is 0.125 e. The number of nitrogens with zero attached hydrogens (tertiary/aromatic N) is 2. The molecule has 1 fully saturated rings. The van der Waals surface area contributed by atoms with Gasteiger partial charge >= 0.3 is 0 Å². The Morgan fingerprint density at radius 2 is 2.27 bits per heavy atom. The second-order valence-electron chi connectivity index (χ2n) is 4.17. The van der Waals surface area contributed by atoms with Crippen LogP contribution < -0.4 is 5.32 Å². The fraction of sp³-hybridized carbons (Fsp3) is 0.727. The van der Waals surface area contributed by atoms with Gasteiger partial charge in [-0.1, -0.05) is 0 Å². The van der Waals surface area contributed by atoms with Crippen LogP contribution in [0.15, 0.2) is 12.4 Å². The van der Waals surface area contributed by atoms with Gasteiger partial charge in [0.15, 0.2) is 0 Å². The highest BCUT2D eigenvalue weighted by atomic mass is 32.2. The SMILES string of the molecule is CC(NC1CCSCC1)c1nccn1C. The third-order valence-corrected chi connectivity index (χ3v) is 4.00. The minimum Gasteiger partial charge on any atom is -0.337 e. The molecule has 1 aromatic rings. The van der Waals surface area contributed by atoms with Crippen LogP contribution in [0.25, 0.3) is 0 Å². The maximum Gasteiger partial charge on any atom is 0.125 e. The maximum atomic E-state index is 4.38. The Hall–Kier alpha value is -0.480. The van der Waals surface area contributed by atoms with Gasteiger partial charge in [0.05, 0.1) is 6.04 Å². The van der Waals surface area contributed by atoms with E-state index in [1.54, 1.807) is 0 Å². The van der Waals surface area contributed by atoms with Gasteiger partial charge in [-0.2, -0.15) is 11.8 Å². The lowest BCUT2D eigenvalue weighted by atomic mass is 10.1. The van der Waals surface area contributed by atoms with Crippen molar-refractivity contribution in [3.05, 3.63) is 18.2 Å². The van der Waals surface area contributed by atoms with Gasteiger partial charge in [-0.25, -0.2) is 4.98 Å². The van der Waals surface area contributed by atoms with Crippen LogP contribution in [0.4, 0.5) is 0 Å².